The Morgan fingerprint density at radius 3 is 2.25 bits per heavy atom. The number of unbranched alkanes of at least 4 members (excludes halogenated alkanes) is 3. The molecule has 0 spiro atoms. The molecule has 1 aliphatic rings. The van der Waals surface area contributed by atoms with Gasteiger partial charge in [-0.05, 0) is 6.07 Å². The van der Waals surface area contributed by atoms with Crippen LogP contribution >= 0.6 is 0 Å². The van der Waals surface area contributed by atoms with Gasteiger partial charge in [0.25, 0.3) is 5.91 Å². The third-order valence-electron chi connectivity index (χ3n) is 2.40. The number of fused-ring (bicyclic) bond motifs is 1. The summed E-state index contributed by atoms with van der Waals surface area (Å²) < 4.78 is 0. The van der Waals surface area contributed by atoms with Gasteiger partial charge >= 0.3 is 0 Å². The summed E-state index contributed by atoms with van der Waals surface area (Å²) >= 11 is 0. The molecule has 2 rings (SSSR count). The van der Waals surface area contributed by atoms with Gasteiger partial charge in [0, 0.05) is 11.3 Å². The lowest BCUT2D eigenvalue weighted by Gasteiger charge is -1.86. The van der Waals surface area contributed by atoms with E-state index in [0.29, 0.717) is 0 Å². The predicted octanol–water partition coefficient (Wildman–Crippen LogP) is 2.21. The maximum atomic E-state index is 10.7. The van der Waals surface area contributed by atoms with Gasteiger partial charge in [0.05, 0.1) is 5.36 Å². The van der Waals surface area contributed by atoms with Crippen molar-refractivity contribution in [2.24, 2.45) is 4.99 Å². The van der Waals surface area contributed by atoms with Crippen LogP contribution in [0.5, 0.6) is 0 Å². The maximum Gasteiger partial charge on any atom is 0.270 e. The third-order valence-corrected chi connectivity index (χ3v) is 2.40. The first kappa shape index (κ1) is 12.6. The van der Waals surface area contributed by atoms with Crippen molar-refractivity contribution < 1.29 is 4.79 Å². The third kappa shape index (κ3) is 3.97. The number of rotatable bonds is 3. The van der Waals surface area contributed by atoms with Gasteiger partial charge in [-0.2, -0.15) is 0 Å². The molecule has 0 fully saturated rings. The molecule has 1 amide bonds. The van der Waals surface area contributed by atoms with Crippen molar-refractivity contribution in [1.29, 1.82) is 0 Å². The molecule has 2 nitrogen and oxygen atoms in total. The van der Waals surface area contributed by atoms with Crippen LogP contribution in [-0.2, 0) is 4.79 Å². The van der Waals surface area contributed by atoms with Crippen LogP contribution in [0.2, 0.25) is 0 Å². The van der Waals surface area contributed by atoms with Crippen molar-refractivity contribution in [3.05, 3.63) is 34.8 Å². The van der Waals surface area contributed by atoms with E-state index in [2.05, 4.69) is 18.8 Å². The molecule has 0 unspecified atom stereocenters. The van der Waals surface area contributed by atoms with E-state index < -0.39 is 0 Å². The highest BCUT2D eigenvalue weighted by atomic mass is 16.1. The molecule has 0 atom stereocenters. The molecule has 86 valence electrons. The van der Waals surface area contributed by atoms with Gasteiger partial charge in [-0.15, -0.1) is 0 Å². The quantitative estimate of drug-likeness (QED) is 0.714. The molecule has 0 saturated heterocycles. The molecule has 0 aromatic heterocycles. The van der Waals surface area contributed by atoms with Gasteiger partial charge in [-0.1, -0.05) is 57.7 Å². The van der Waals surface area contributed by atoms with Crippen LogP contribution in [-0.4, -0.2) is 5.91 Å². The number of amides is 1. The summed E-state index contributed by atoms with van der Waals surface area (Å²) in [4.78, 5) is 14.4. The van der Waals surface area contributed by atoms with E-state index >= 15 is 0 Å². The zero-order valence-electron chi connectivity index (χ0n) is 10.1. The summed E-state index contributed by atoms with van der Waals surface area (Å²) in [7, 11) is 0. The van der Waals surface area contributed by atoms with Crippen LogP contribution in [0, 0.1) is 0 Å². The Kier molecular flexibility index (Phi) is 5.48. The van der Waals surface area contributed by atoms with E-state index in [-0.39, 0.29) is 5.91 Å². The minimum atomic E-state index is -0.152. The highest BCUT2D eigenvalue weighted by Gasteiger charge is 1.99. The van der Waals surface area contributed by atoms with Crippen molar-refractivity contribution in [1.82, 2.24) is 0 Å². The monoisotopic (exact) mass is 217 g/mol. The predicted molar refractivity (Wildman–Crippen MR) is 66.5 cm³/mol. The van der Waals surface area contributed by atoms with Gasteiger partial charge in [-0.3, -0.25) is 4.79 Å². The fraction of sp³-hybridized carbons (Fsp3) is 0.429. The SMILES string of the molecule is CCCCCC.O=C1C=c2ccccc2=N1. The van der Waals surface area contributed by atoms with Crippen LogP contribution < -0.4 is 10.6 Å². The molecule has 1 aliphatic heterocycles. The summed E-state index contributed by atoms with van der Waals surface area (Å²) in [5.41, 5.74) is 0. The van der Waals surface area contributed by atoms with Crippen molar-refractivity contribution in [3.63, 3.8) is 0 Å². The van der Waals surface area contributed by atoms with E-state index in [9.17, 15) is 4.79 Å². The van der Waals surface area contributed by atoms with E-state index in [4.69, 9.17) is 0 Å². The van der Waals surface area contributed by atoms with Crippen LogP contribution in [0.4, 0.5) is 0 Å². The Hall–Kier alpha value is -1.44. The number of hydrogen-bond donors (Lipinski definition) is 0. The first-order valence-electron chi connectivity index (χ1n) is 5.97. The van der Waals surface area contributed by atoms with Gasteiger partial charge in [0.2, 0.25) is 0 Å². The van der Waals surface area contributed by atoms with Gasteiger partial charge < -0.3 is 0 Å². The minimum Gasteiger partial charge on any atom is -0.267 e. The van der Waals surface area contributed by atoms with Gasteiger partial charge in [-0.25, -0.2) is 4.99 Å². The summed E-state index contributed by atoms with van der Waals surface area (Å²) in [6, 6.07) is 7.47. The molecule has 1 aromatic carbocycles. The van der Waals surface area contributed by atoms with E-state index in [1.54, 1.807) is 0 Å². The first-order chi connectivity index (χ1) is 7.77. The average Bonchev–Trinajstić information content (AvgIpc) is 2.67. The molecule has 0 N–H and O–H groups in total. The second-order valence-corrected chi connectivity index (χ2v) is 3.86. The van der Waals surface area contributed by atoms with Crippen LogP contribution in [0.3, 0.4) is 0 Å². The standard InChI is InChI=1S/C8H5NO.C6H14/c10-8-5-6-3-1-2-4-7(6)9-8;1-3-5-6-4-2/h1-5H;3-6H2,1-2H3. The summed E-state index contributed by atoms with van der Waals surface area (Å²) in [6.07, 6.45) is 7.07. The minimum absolute atomic E-state index is 0.152. The zero-order valence-corrected chi connectivity index (χ0v) is 10.1. The fourth-order valence-corrected chi connectivity index (χ4v) is 1.50. The van der Waals surface area contributed by atoms with E-state index in [0.717, 1.165) is 10.6 Å². The molecule has 16 heavy (non-hydrogen) atoms. The lowest BCUT2D eigenvalue weighted by atomic mass is 10.2. The largest absolute Gasteiger partial charge is 0.270 e. The highest BCUT2D eigenvalue weighted by Crippen LogP contribution is 1.95. The second-order valence-electron chi connectivity index (χ2n) is 3.86. The maximum absolute atomic E-state index is 10.7. The zero-order chi connectivity index (χ0) is 11.8. The normalized spacial score (nSPS) is 12.0. The van der Waals surface area contributed by atoms with Gasteiger partial charge in [0.1, 0.15) is 0 Å². The smallest absolute Gasteiger partial charge is 0.267 e. The van der Waals surface area contributed by atoms with Crippen molar-refractivity contribution >= 4 is 12.0 Å². The van der Waals surface area contributed by atoms with E-state index in [1.165, 1.54) is 31.8 Å². The number of benzene rings is 1. The lowest BCUT2D eigenvalue weighted by Crippen LogP contribution is -2.19. The number of para-hydroxylation sites is 1. The molecule has 2 heteroatoms. The number of hydrogen-bond acceptors (Lipinski definition) is 1. The number of nitrogens with zero attached hydrogens (tertiary/aromatic N) is 1. The fourth-order valence-electron chi connectivity index (χ4n) is 1.50. The van der Waals surface area contributed by atoms with Crippen LogP contribution in [0.15, 0.2) is 29.3 Å². The molecule has 0 bridgehead atoms. The second kappa shape index (κ2) is 6.94. The Morgan fingerprint density at radius 2 is 1.69 bits per heavy atom. The van der Waals surface area contributed by atoms with Crippen molar-refractivity contribution in [2.45, 2.75) is 39.5 Å². The Morgan fingerprint density at radius 1 is 1.06 bits per heavy atom. The highest BCUT2D eigenvalue weighted by molar-refractivity contribution is 6.06. The molecule has 1 heterocycles. The molecule has 1 aromatic rings. The lowest BCUT2D eigenvalue weighted by molar-refractivity contribution is -0.112. The Balaban J connectivity index is 0.000000187. The first-order valence-corrected chi connectivity index (χ1v) is 5.97. The summed E-state index contributed by atoms with van der Waals surface area (Å²) in [5.74, 6) is -0.152. The average molecular weight is 217 g/mol. The van der Waals surface area contributed by atoms with Crippen molar-refractivity contribution in [2.75, 3.05) is 0 Å². The number of carbonyl (C=O) groups is 1. The topological polar surface area (TPSA) is 29.4 Å². The summed E-state index contributed by atoms with van der Waals surface area (Å²) in [5, 5.41) is 1.71. The molecule has 0 radical (unpaired) electrons. The Bertz CT molecular complexity index is 407. The van der Waals surface area contributed by atoms with Crippen LogP contribution in [0.25, 0.3) is 6.08 Å². The van der Waals surface area contributed by atoms with Crippen LogP contribution in [0.1, 0.15) is 39.5 Å². The molecular formula is C14H19NO. The summed E-state index contributed by atoms with van der Waals surface area (Å²) in [6.45, 7) is 4.46. The number of carbonyl (C=O) groups excluding carboxylic acids is 1. The molecule has 0 aliphatic carbocycles. The van der Waals surface area contributed by atoms with E-state index in [1.807, 2.05) is 24.3 Å². The van der Waals surface area contributed by atoms with Crippen molar-refractivity contribution in [3.8, 4) is 0 Å². The molecule has 0 saturated carbocycles. The Labute approximate surface area is 96.7 Å². The molecular weight excluding hydrogens is 198 g/mol. The van der Waals surface area contributed by atoms with Gasteiger partial charge in [0.15, 0.2) is 0 Å².